The van der Waals surface area contributed by atoms with Gasteiger partial charge in [0.15, 0.2) is 0 Å². The van der Waals surface area contributed by atoms with Gasteiger partial charge in [-0.1, -0.05) is 12.5 Å². The SMILES string of the molecule is NCc1ccc(C(F)(F)F)cc1OC1CCCCC1. The Kier molecular flexibility index (Phi) is 4.34. The Morgan fingerprint density at radius 3 is 2.42 bits per heavy atom. The minimum absolute atomic E-state index is 0.0162. The third kappa shape index (κ3) is 3.62. The average molecular weight is 273 g/mol. The van der Waals surface area contributed by atoms with Crippen LogP contribution < -0.4 is 10.5 Å². The van der Waals surface area contributed by atoms with Gasteiger partial charge in [0.05, 0.1) is 11.7 Å². The van der Waals surface area contributed by atoms with Crippen molar-refractivity contribution in [2.75, 3.05) is 0 Å². The van der Waals surface area contributed by atoms with Crippen LogP contribution in [0.3, 0.4) is 0 Å². The normalized spacial score (nSPS) is 17.5. The molecule has 1 aromatic carbocycles. The number of benzene rings is 1. The van der Waals surface area contributed by atoms with Crippen LogP contribution in [0.15, 0.2) is 18.2 Å². The second kappa shape index (κ2) is 5.82. The summed E-state index contributed by atoms with van der Waals surface area (Å²) in [6, 6.07) is 3.52. The molecule has 0 unspecified atom stereocenters. The number of nitrogens with two attached hydrogens (primary N) is 1. The quantitative estimate of drug-likeness (QED) is 0.907. The summed E-state index contributed by atoms with van der Waals surface area (Å²) < 4.78 is 43.8. The Labute approximate surface area is 110 Å². The molecule has 0 aromatic heterocycles. The van der Waals surface area contributed by atoms with E-state index in [0.29, 0.717) is 5.56 Å². The minimum atomic E-state index is -4.35. The predicted molar refractivity (Wildman–Crippen MR) is 66.8 cm³/mol. The van der Waals surface area contributed by atoms with Gasteiger partial charge in [0.2, 0.25) is 0 Å². The molecule has 2 rings (SSSR count). The van der Waals surface area contributed by atoms with Crippen molar-refractivity contribution in [2.45, 2.75) is 50.9 Å². The lowest BCUT2D eigenvalue weighted by Crippen LogP contribution is -2.21. The van der Waals surface area contributed by atoms with Gasteiger partial charge in [-0.15, -0.1) is 0 Å². The molecule has 5 heteroatoms. The number of alkyl halides is 3. The molecule has 2 N–H and O–H groups in total. The van der Waals surface area contributed by atoms with Crippen LogP contribution in [0.4, 0.5) is 13.2 Å². The zero-order valence-electron chi connectivity index (χ0n) is 10.7. The molecule has 0 radical (unpaired) electrons. The molecule has 0 aliphatic heterocycles. The summed E-state index contributed by atoms with van der Waals surface area (Å²) in [5.74, 6) is 0.282. The molecule has 106 valence electrons. The minimum Gasteiger partial charge on any atom is -0.490 e. The van der Waals surface area contributed by atoms with Gasteiger partial charge in [-0.25, -0.2) is 0 Å². The van der Waals surface area contributed by atoms with Crippen LogP contribution >= 0.6 is 0 Å². The third-order valence-electron chi connectivity index (χ3n) is 3.46. The highest BCUT2D eigenvalue weighted by atomic mass is 19.4. The lowest BCUT2D eigenvalue weighted by molar-refractivity contribution is -0.137. The van der Waals surface area contributed by atoms with E-state index in [4.69, 9.17) is 10.5 Å². The van der Waals surface area contributed by atoms with E-state index in [9.17, 15) is 13.2 Å². The van der Waals surface area contributed by atoms with E-state index in [1.54, 1.807) is 0 Å². The molecular weight excluding hydrogens is 255 g/mol. The first-order valence-electron chi connectivity index (χ1n) is 6.57. The van der Waals surface area contributed by atoms with Crippen molar-refractivity contribution in [3.05, 3.63) is 29.3 Å². The molecule has 0 saturated heterocycles. The Bertz CT molecular complexity index is 425. The van der Waals surface area contributed by atoms with Gasteiger partial charge in [-0.05, 0) is 37.8 Å². The fourth-order valence-electron chi connectivity index (χ4n) is 2.37. The van der Waals surface area contributed by atoms with Gasteiger partial charge < -0.3 is 10.5 Å². The maximum atomic E-state index is 12.7. The summed E-state index contributed by atoms with van der Waals surface area (Å²) in [5.41, 5.74) is 5.49. The monoisotopic (exact) mass is 273 g/mol. The summed E-state index contributed by atoms with van der Waals surface area (Å²) in [4.78, 5) is 0. The molecule has 0 spiro atoms. The number of ether oxygens (including phenoxy) is 1. The molecule has 1 saturated carbocycles. The molecule has 0 bridgehead atoms. The van der Waals surface area contributed by atoms with E-state index in [-0.39, 0.29) is 18.4 Å². The maximum Gasteiger partial charge on any atom is 0.416 e. The molecule has 1 aliphatic carbocycles. The standard InChI is InChI=1S/C14H18F3NO/c15-14(16,17)11-7-6-10(9-18)13(8-11)19-12-4-2-1-3-5-12/h6-8,12H,1-5,9,18H2. The highest BCUT2D eigenvalue weighted by Crippen LogP contribution is 2.34. The van der Waals surface area contributed by atoms with Crippen LogP contribution in [0.2, 0.25) is 0 Å². The molecule has 19 heavy (non-hydrogen) atoms. The number of halogens is 3. The summed E-state index contributed by atoms with van der Waals surface area (Å²) in [6.07, 6.45) is 0.788. The summed E-state index contributed by atoms with van der Waals surface area (Å²) in [7, 11) is 0. The first-order valence-corrected chi connectivity index (χ1v) is 6.57. The summed E-state index contributed by atoms with van der Waals surface area (Å²) in [6.45, 7) is 0.181. The van der Waals surface area contributed by atoms with Crippen molar-refractivity contribution < 1.29 is 17.9 Å². The highest BCUT2D eigenvalue weighted by Gasteiger charge is 2.31. The van der Waals surface area contributed by atoms with E-state index in [0.717, 1.165) is 37.8 Å². The lowest BCUT2D eigenvalue weighted by Gasteiger charge is -2.24. The zero-order chi connectivity index (χ0) is 13.9. The first kappa shape index (κ1) is 14.2. The van der Waals surface area contributed by atoms with Gasteiger partial charge >= 0.3 is 6.18 Å². The van der Waals surface area contributed by atoms with Crippen molar-refractivity contribution in [3.8, 4) is 5.75 Å². The summed E-state index contributed by atoms with van der Waals surface area (Å²) >= 11 is 0. The van der Waals surface area contributed by atoms with Gasteiger partial charge in [0.25, 0.3) is 0 Å². The van der Waals surface area contributed by atoms with E-state index < -0.39 is 11.7 Å². The Morgan fingerprint density at radius 1 is 1.16 bits per heavy atom. The molecule has 0 atom stereocenters. The van der Waals surface area contributed by atoms with Crippen LogP contribution in [-0.4, -0.2) is 6.10 Å². The van der Waals surface area contributed by atoms with Gasteiger partial charge in [0, 0.05) is 12.1 Å². The van der Waals surface area contributed by atoms with E-state index in [2.05, 4.69) is 0 Å². The highest BCUT2D eigenvalue weighted by molar-refractivity contribution is 5.38. The first-order chi connectivity index (χ1) is 9.00. The smallest absolute Gasteiger partial charge is 0.416 e. The lowest BCUT2D eigenvalue weighted by atomic mass is 9.97. The molecule has 0 heterocycles. The van der Waals surface area contributed by atoms with Crippen molar-refractivity contribution in [3.63, 3.8) is 0 Å². The number of rotatable bonds is 3. The average Bonchev–Trinajstić information content (AvgIpc) is 2.39. The molecule has 1 fully saturated rings. The van der Waals surface area contributed by atoms with Crippen LogP contribution in [0, 0.1) is 0 Å². The fourth-order valence-corrected chi connectivity index (χ4v) is 2.37. The van der Waals surface area contributed by atoms with Crippen LogP contribution in [0.1, 0.15) is 43.2 Å². The van der Waals surface area contributed by atoms with Crippen LogP contribution in [-0.2, 0) is 12.7 Å². The van der Waals surface area contributed by atoms with E-state index >= 15 is 0 Å². The third-order valence-corrected chi connectivity index (χ3v) is 3.46. The number of hydrogen-bond donors (Lipinski definition) is 1. The maximum absolute atomic E-state index is 12.7. The topological polar surface area (TPSA) is 35.2 Å². The predicted octanol–water partition coefficient (Wildman–Crippen LogP) is 3.88. The molecule has 2 nitrogen and oxygen atoms in total. The van der Waals surface area contributed by atoms with Gasteiger partial charge in [-0.2, -0.15) is 13.2 Å². The summed E-state index contributed by atoms with van der Waals surface area (Å²) in [5, 5.41) is 0. The van der Waals surface area contributed by atoms with Crippen LogP contribution in [0.25, 0.3) is 0 Å². The van der Waals surface area contributed by atoms with Crippen molar-refractivity contribution in [2.24, 2.45) is 5.73 Å². The van der Waals surface area contributed by atoms with Crippen molar-refractivity contribution >= 4 is 0 Å². The van der Waals surface area contributed by atoms with Crippen LogP contribution in [0.5, 0.6) is 5.75 Å². The zero-order valence-corrected chi connectivity index (χ0v) is 10.7. The molecular formula is C14H18F3NO. The molecule has 1 aromatic rings. The molecule has 0 amide bonds. The fraction of sp³-hybridized carbons (Fsp3) is 0.571. The molecule has 1 aliphatic rings. The van der Waals surface area contributed by atoms with Crippen molar-refractivity contribution in [1.82, 2.24) is 0 Å². The Morgan fingerprint density at radius 2 is 1.84 bits per heavy atom. The van der Waals surface area contributed by atoms with Crippen molar-refractivity contribution in [1.29, 1.82) is 0 Å². The Hall–Kier alpha value is -1.23. The van der Waals surface area contributed by atoms with Gasteiger partial charge in [0.1, 0.15) is 5.75 Å². The van der Waals surface area contributed by atoms with E-state index in [1.807, 2.05) is 0 Å². The number of hydrogen-bond acceptors (Lipinski definition) is 2. The van der Waals surface area contributed by atoms with Gasteiger partial charge in [-0.3, -0.25) is 0 Å². The second-order valence-electron chi connectivity index (χ2n) is 4.90. The largest absolute Gasteiger partial charge is 0.490 e. The van der Waals surface area contributed by atoms with E-state index in [1.165, 1.54) is 12.5 Å². The Balaban J connectivity index is 2.20. The second-order valence-corrected chi connectivity index (χ2v) is 4.90.